The Morgan fingerprint density at radius 3 is 2.52 bits per heavy atom. The lowest BCUT2D eigenvalue weighted by atomic mass is 10.2. The molecule has 0 atom stereocenters. The molecule has 0 heterocycles. The van der Waals surface area contributed by atoms with Crippen LogP contribution in [0, 0.1) is 5.82 Å². The normalized spacial score (nSPS) is 10.5. The minimum atomic E-state index is -0.312. The van der Waals surface area contributed by atoms with Crippen molar-refractivity contribution in [1.29, 1.82) is 0 Å². The molecule has 2 aromatic carbocycles. The highest BCUT2D eigenvalue weighted by Crippen LogP contribution is 2.32. The van der Waals surface area contributed by atoms with Crippen LogP contribution in [-0.2, 0) is 13.2 Å². The van der Waals surface area contributed by atoms with Crippen molar-refractivity contribution < 1.29 is 13.9 Å². The zero-order valence-corrected chi connectivity index (χ0v) is 13.3. The van der Waals surface area contributed by atoms with Crippen molar-refractivity contribution in [2.24, 2.45) is 5.73 Å². The second-order valence-electron chi connectivity index (χ2n) is 4.38. The molecule has 0 aliphatic heterocycles. The Morgan fingerprint density at radius 2 is 1.81 bits per heavy atom. The summed E-state index contributed by atoms with van der Waals surface area (Å²) in [6, 6.07) is 10.4. The number of rotatable bonds is 6. The highest BCUT2D eigenvalue weighted by atomic mass is 79.9. The van der Waals surface area contributed by atoms with Gasteiger partial charge in [-0.25, -0.2) is 4.39 Å². The molecule has 3 nitrogen and oxygen atoms in total. The Kier molecular flexibility index (Phi) is 5.59. The molecular formula is C16H17BrFNO2. The van der Waals surface area contributed by atoms with Crippen LogP contribution in [0.5, 0.6) is 11.5 Å². The lowest BCUT2D eigenvalue weighted by Crippen LogP contribution is -2.06. The summed E-state index contributed by atoms with van der Waals surface area (Å²) in [6.45, 7) is 3.02. The standard InChI is InChI=1S/C16H17BrFNO2/c1-2-20-14-8-4-5-11(9-19)16(14)21-10-12-6-3-7-13(18)15(12)17/h3-8H,2,9-10,19H2,1H3. The van der Waals surface area contributed by atoms with E-state index in [0.29, 0.717) is 29.1 Å². The first-order valence-electron chi connectivity index (χ1n) is 6.67. The zero-order chi connectivity index (χ0) is 15.2. The molecule has 2 rings (SSSR count). The lowest BCUT2D eigenvalue weighted by Gasteiger charge is -2.15. The quantitative estimate of drug-likeness (QED) is 0.852. The zero-order valence-electron chi connectivity index (χ0n) is 11.7. The molecule has 0 saturated carbocycles. The minimum Gasteiger partial charge on any atom is -0.490 e. The number of ether oxygens (including phenoxy) is 2. The predicted octanol–water partition coefficient (Wildman–Crippen LogP) is 4.02. The first kappa shape index (κ1) is 15.8. The van der Waals surface area contributed by atoms with Gasteiger partial charge >= 0.3 is 0 Å². The largest absolute Gasteiger partial charge is 0.490 e. The summed E-state index contributed by atoms with van der Waals surface area (Å²) in [4.78, 5) is 0. The molecule has 2 N–H and O–H groups in total. The molecule has 0 bridgehead atoms. The Bertz CT molecular complexity index is 619. The number of hydrogen-bond acceptors (Lipinski definition) is 3. The van der Waals surface area contributed by atoms with E-state index in [4.69, 9.17) is 15.2 Å². The van der Waals surface area contributed by atoms with Gasteiger partial charge in [0.15, 0.2) is 11.5 Å². The molecule has 0 aliphatic rings. The summed E-state index contributed by atoms with van der Waals surface area (Å²) >= 11 is 3.23. The van der Waals surface area contributed by atoms with E-state index in [1.54, 1.807) is 12.1 Å². The van der Waals surface area contributed by atoms with Gasteiger partial charge in [0, 0.05) is 17.7 Å². The van der Waals surface area contributed by atoms with Gasteiger partial charge in [-0.05, 0) is 35.0 Å². The van der Waals surface area contributed by atoms with Gasteiger partial charge in [-0.1, -0.05) is 24.3 Å². The van der Waals surface area contributed by atoms with Crippen molar-refractivity contribution in [3.05, 3.63) is 57.8 Å². The van der Waals surface area contributed by atoms with E-state index in [-0.39, 0.29) is 12.4 Å². The SMILES string of the molecule is CCOc1cccc(CN)c1OCc1cccc(F)c1Br. The maximum absolute atomic E-state index is 13.5. The van der Waals surface area contributed by atoms with E-state index in [1.165, 1.54) is 6.07 Å². The number of nitrogens with two attached hydrogens (primary N) is 1. The van der Waals surface area contributed by atoms with Crippen molar-refractivity contribution in [2.75, 3.05) is 6.61 Å². The number of hydrogen-bond donors (Lipinski definition) is 1. The van der Waals surface area contributed by atoms with Crippen LogP contribution in [0.3, 0.4) is 0 Å². The molecule has 5 heteroatoms. The van der Waals surface area contributed by atoms with Crippen molar-refractivity contribution in [1.82, 2.24) is 0 Å². The van der Waals surface area contributed by atoms with Gasteiger partial charge in [0.25, 0.3) is 0 Å². The van der Waals surface area contributed by atoms with Crippen LogP contribution in [-0.4, -0.2) is 6.61 Å². The van der Waals surface area contributed by atoms with Gasteiger partial charge in [-0.3, -0.25) is 0 Å². The van der Waals surface area contributed by atoms with Crippen LogP contribution in [0.4, 0.5) is 4.39 Å². The van der Waals surface area contributed by atoms with Gasteiger partial charge in [-0.15, -0.1) is 0 Å². The molecule has 0 radical (unpaired) electrons. The van der Waals surface area contributed by atoms with Crippen molar-refractivity contribution in [2.45, 2.75) is 20.1 Å². The monoisotopic (exact) mass is 353 g/mol. The molecule has 112 valence electrons. The highest BCUT2D eigenvalue weighted by Gasteiger charge is 2.12. The second kappa shape index (κ2) is 7.43. The van der Waals surface area contributed by atoms with Crippen molar-refractivity contribution in [3.63, 3.8) is 0 Å². The van der Waals surface area contributed by atoms with Crippen LogP contribution >= 0.6 is 15.9 Å². The van der Waals surface area contributed by atoms with Crippen LogP contribution in [0.2, 0.25) is 0 Å². The third-order valence-electron chi connectivity index (χ3n) is 2.98. The summed E-state index contributed by atoms with van der Waals surface area (Å²) < 4.78 is 25.3. The fraction of sp³-hybridized carbons (Fsp3) is 0.250. The minimum absolute atomic E-state index is 0.232. The van der Waals surface area contributed by atoms with Gasteiger partial charge in [0.05, 0.1) is 11.1 Å². The molecule has 0 saturated heterocycles. The first-order chi connectivity index (χ1) is 10.2. The van der Waals surface area contributed by atoms with Crippen molar-refractivity contribution >= 4 is 15.9 Å². The summed E-state index contributed by atoms with van der Waals surface area (Å²) in [5, 5.41) is 0. The fourth-order valence-corrected chi connectivity index (χ4v) is 2.34. The molecular weight excluding hydrogens is 337 g/mol. The summed E-state index contributed by atoms with van der Waals surface area (Å²) in [6.07, 6.45) is 0. The number of benzene rings is 2. The van der Waals surface area contributed by atoms with Crippen LogP contribution in [0.25, 0.3) is 0 Å². The lowest BCUT2D eigenvalue weighted by molar-refractivity contribution is 0.266. The van der Waals surface area contributed by atoms with E-state index < -0.39 is 0 Å². The van der Waals surface area contributed by atoms with Crippen LogP contribution < -0.4 is 15.2 Å². The van der Waals surface area contributed by atoms with E-state index in [1.807, 2.05) is 25.1 Å². The summed E-state index contributed by atoms with van der Waals surface area (Å²) in [7, 11) is 0. The van der Waals surface area contributed by atoms with Gasteiger partial charge in [0.1, 0.15) is 12.4 Å². The van der Waals surface area contributed by atoms with E-state index in [0.717, 1.165) is 11.1 Å². The molecule has 2 aromatic rings. The smallest absolute Gasteiger partial charge is 0.166 e. The average Bonchev–Trinajstić information content (AvgIpc) is 2.49. The number of halogens is 2. The third kappa shape index (κ3) is 3.74. The van der Waals surface area contributed by atoms with Crippen LogP contribution in [0.15, 0.2) is 40.9 Å². The fourth-order valence-electron chi connectivity index (χ4n) is 1.96. The molecule has 0 aromatic heterocycles. The van der Waals surface area contributed by atoms with Gasteiger partial charge in [-0.2, -0.15) is 0 Å². The summed E-state index contributed by atoms with van der Waals surface area (Å²) in [5.74, 6) is 0.944. The molecule has 0 amide bonds. The second-order valence-corrected chi connectivity index (χ2v) is 5.18. The maximum atomic E-state index is 13.5. The Balaban J connectivity index is 2.24. The van der Waals surface area contributed by atoms with E-state index in [2.05, 4.69) is 15.9 Å². The first-order valence-corrected chi connectivity index (χ1v) is 7.47. The van der Waals surface area contributed by atoms with Gasteiger partial charge < -0.3 is 15.2 Å². The molecule has 0 spiro atoms. The predicted molar refractivity (Wildman–Crippen MR) is 83.9 cm³/mol. The summed E-state index contributed by atoms with van der Waals surface area (Å²) in [5.41, 5.74) is 7.32. The van der Waals surface area contributed by atoms with Gasteiger partial charge in [0.2, 0.25) is 0 Å². The Morgan fingerprint density at radius 1 is 1.10 bits per heavy atom. The average molecular weight is 354 g/mol. The van der Waals surface area contributed by atoms with Crippen LogP contribution in [0.1, 0.15) is 18.1 Å². The van der Waals surface area contributed by atoms with E-state index >= 15 is 0 Å². The molecule has 0 unspecified atom stereocenters. The molecule has 21 heavy (non-hydrogen) atoms. The number of para-hydroxylation sites is 1. The topological polar surface area (TPSA) is 44.5 Å². The van der Waals surface area contributed by atoms with E-state index in [9.17, 15) is 4.39 Å². The van der Waals surface area contributed by atoms with Crippen molar-refractivity contribution in [3.8, 4) is 11.5 Å². The Hall–Kier alpha value is -1.59. The third-order valence-corrected chi connectivity index (χ3v) is 3.87. The molecule has 0 fully saturated rings. The molecule has 0 aliphatic carbocycles. The highest BCUT2D eigenvalue weighted by molar-refractivity contribution is 9.10. The maximum Gasteiger partial charge on any atom is 0.166 e. The Labute approximate surface area is 132 Å².